The molecule has 8 heteroatoms. The van der Waals surface area contributed by atoms with Crippen molar-refractivity contribution in [3.05, 3.63) is 64.1 Å². The van der Waals surface area contributed by atoms with Crippen molar-refractivity contribution in [2.45, 2.75) is 35.7 Å². The summed E-state index contributed by atoms with van der Waals surface area (Å²) in [6.45, 7) is 2.48. The van der Waals surface area contributed by atoms with E-state index in [0.717, 1.165) is 35.8 Å². The molecular formula is C22H24N4O2S2. The SMILES string of the molecule is O=C(C(Sc1nnc(Cc2cccs2)n1C1CC1)c1ccccc1)N1CCOCC1. The normalized spacial score (nSPS) is 17.8. The number of carbonyl (C=O) groups excluding carboxylic acids is 1. The summed E-state index contributed by atoms with van der Waals surface area (Å²) in [4.78, 5) is 16.7. The first-order valence-corrected chi connectivity index (χ1v) is 12.1. The zero-order valence-electron chi connectivity index (χ0n) is 16.6. The van der Waals surface area contributed by atoms with Crippen LogP contribution in [0.3, 0.4) is 0 Å². The van der Waals surface area contributed by atoms with E-state index >= 15 is 0 Å². The van der Waals surface area contributed by atoms with Crippen LogP contribution < -0.4 is 0 Å². The number of amides is 1. The Morgan fingerprint density at radius 3 is 2.63 bits per heavy atom. The summed E-state index contributed by atoms with van der Waals surface area (Å²) in [6, 6.07) is 14.7. The predicted molar refractivity (Wildman–Crippen MR) is 118 cm³/mol. The number of hydrogen-bond acceptors (Lipinski definition) is 6. The Labute approximate surface area is 184 Å². The summed E-state index contributed by atoms with van der Waals surface area (Å²) < 4.78 is 7.71. The van der Waals surface area contributed by atoms with Gasteiger partial charge in [0.1, 0.15) is 11.1 Å². The highest BCUT2D eigenvalue weighted by Gasteiger charge is 2.34. The number of hydrogen-bond donors (Lipinski definition) is 0. The molecule has 30 heavy (non-hydrogen) atoms. The van der Waals surface area contributed by atoms with E-state index < -0.39 is 0 Å². The third kappa shape index (κ3) is 4.31. The first kappa shape index (κ1) is 19.8. The molecule has 1 saturated heterocycles. The smallest absolute Gasteiger partial charge is 0.240 e. The molecule has 3 heterocycles. The first-order valence-electron chi connectivity index (χ1n) is 10.3. The number of benzene rings is 1. The number of ether oxygens (including phenoxy) is 1. The second-order valence-electron chi connectivity index (χ2n) is 7.60. The van der Waals surface area contributed by atoms with Crippen LogP contribution in [-0.4, -0.2) is 51.9 Å². The van der Waals surface area contributed by atoms with Gasteiger partial charge in [-0.05, 0) is 29.9 Å². The molecule has 1 aromatic carbocycles. The van der Waals surface area contributed by atoms with Crippen LogP contribution in [0.1, 0.15) is 40.4 Å². The Balaban J connectivity index is 1.44. The third-order valence-electron chi connectivity index (χ3n) is 5.43. The number of morpholine rings is 1. The minimum absolute atomic E-state index is 0.125. The number of rotatable bonds is 7. The van der Waals surface area contributed by atoms with Gasteiger partial charge in [-0.25, -0.2) is 0 Å². The van der Waals surface area contributed by atoms with Crippen molar-refractivity contribution >= 4 is 29.0 Å². The minimum Gasteiger partial charge on any atom is -0.378 e. The maximum absolute atomic E-state index is 13.5. The van der Waals surface area contributed by atoms with Crippen molar-refractivity contribution in [3.8, 4) is 0 Å². The molecule has 0 N–H and O–H groups in total. The van der Waals surface area contributed by atoms with Crippen molar-refractivity contribution in [2.75, 3.05) is 26.3 Å². The monoisotopic (exact) mass is 440 g/mol. The molecule has 0 bridgehead atoms. The van der Waals surface area contributed by atoms with E-state index in [1.807, 2.05) is 35.2 Å². The number of thiophene rings is 1. The highest BCUT2D eigenvalue weighted by Crippen LogP contribution is 2.43. The van der Waals surface area contributed by atoms with Crippen LogP contribution in [-0.2, 0) is 16.0 Å². The molecule has 1 aliphatic heterocycles. The molecule has 1 unspecified atom stereocenters. The fourth-order valence-corrected chi connectivity index (χ4v) is 5.63. The Kier molecular flexibility index (Phi) is 5.88. The average Bonchev–Trinajstić information content (AvgIpc) is 3.35. The van der Waals surface area contributed by atoms with Crippen molar-refractivity contribution in [3.63, 3.8) is 0 Å². The molecule has 156 valence electrons. The zero-order valence-corrected chi connectivity index (χ0v) is 18.3. The topological polar surface area (TPSA) is 60.2 Å². The third-order valence-corrected chi connectivity index (χ3v) is 7.51. The van der Waals surface area contributed by atoms with Gasteiger partial charge in [0.2, 0.25) is 5.91 Å². The van der Waals surface area contributed by atoms with Crippen LogP contribution in [0.4, 0.5) is 0 Å². The standard InChI is InChI=1S/C22H24N4O2S2/c27-21(25-10-12-28-13-11-25)20(16-5-2-1-3-6-16)30-22-24-23-19(26(22)17-8-9-17)15-18-7-4-14-29-18/h1-7,14,17,20H,8-13,15H2. The maximum atomic E-state index is 13.5. The first-order chi connectivity index (χ1) is 14.8. The van der Waals surface area contributed by atoms with Crippen molar-refractivity contribution in [1.82, 2.24) is 19.7 Å². The molecule has 1 saturated carbocycles. The van der Waals surface area contributed by atoms with E-state index in [0.29, 0.717) is 32.3 Å². The lowest BCUT2D eigenvalue weighted by molar-refractivity contribution is -0.134. The van der Waals surface area contributed by atoms with E-state index in [4.69, 9.17) is 4.74 Å². The fourth-order valence-electron chi connectivity index (χ4n) is 3.72. The highest BCUT2D eigenvalue weighted by molar-refractivity contribution is 8.00. The largest absolute Gasteiger partial charge is 0.378 e. The molecule has 1 aliphatic carbocycles. The van der Waals surface area contributed by atoms with Crippen LogP contribution >= 0.6 is 23.1 Å². The zero-order chi connectivity index (χ0) is 20.3. The van der Waals surface area contributed by atoms with Gasteiger partial charge in [0.15, 0.2) is 5.16 Å². The summed E-state index contributed by atoms with van der Waals surface area (Å²) in [6.07, 6.45) is 3.09. The van der Waals surface area contributed by atoms with Gasteiger partial charge >= 0.3 is 0 Å². The Morgan fingerprint density at radius 2 is 1.93 bits per heavy atom. The lowest BCUT2D eigenvalue weighted by atomic mass is 10.1. The molecule has 2 aromatic heterocycles. The molecule has 3 aromatic rings. The van der Waals surface area contributed by atoms with E-state index in [1.54, 1.807) is 11.3 Å². The van der Waals surface area contributed by atoms with E-state index in [-0.39, 0.29) is 11.2 Å². The number of carbonyl (C=O) groups is 1. The Morgan fingerprint density at radius 1 is 1.13 bits per heavy atom. The van der Waals surface area contributed by atoms with E-state index in [1.165, 1.54) is 16.6 Å². The summed E-state index contributed by atoms with van der Waals surface area (Å²) in [7, 11) is 0. The average molecular weight is 441 g/mol. The molecular weight excluding hydrogens is 416 g/mol. The van der Waals surface area contributed by atoms with Crippen LogP contribution in [0.2, 0.25) is 0 Å². The molecule has 0 radical (unpaired) electrons. The Bertz CT molecular complexity index is 980. The van der Waals surface area contributed by atoms with Gasteiger partial charge in [-0.3, -0.25) is 4.79 Å². The van der Waals surface area contributed by atoms with Crippen LogP contribution in [0.5, 0.6) is 0 Å². The quantitative estimate of drug-likeness (QED) is 0.521. The van der Waals surface area contributed by atoms with Gasteiger partial charge in [-0.15, -0.1) is 21.5 Å². The predicted octanol–water partition coefficient (Wildman–Crippen LogP) is 3.96. The van der Waals surface area contributed by atoms with Crippen molar-refractivity contribution < 1.29 is 9.53 Å². The molecule has 2 fully saturated rings. The highest BCUT2D eigenvalue weighted by atomic mass is 32.2. The van der Waals surface area contributed by atoms with Crippen LogP contribution in [0.25, 0.3) is 0 Å². The second kappa shape index (κ2) is 8.91. The molecule has 6 nitrogen and oxygen atoms in total. The van der Waals surface area contributed by atoms with Gasteiger partial charge < -0.3 is 14.2 Å². The number of nitrogens with zero attached hydrogens (tertiary/aromatic N) is 4. The van der Waals surface area contributed by atoms with Crippen molar-refractivity contribution in [1.29, 1.82) is 0 Å². The van der Waals surface area contributed by atoms with E-state index in [9.17, 15) is 4.79 Å². The van der Waals surface area contributed by atoms with Gasteiger partial charge in [0.05, 0.1) is 13.2 Å². The van der Waals surface area contributed by atoms with Crippen molar-refractivity contribution in [2.24, 2.45) is 0 Å². The molecule has 1 amide bonds. The molecule has 5 rings (SSSR count). The number of aromatic nitrogens is 3. The van der Waals surface area contributed by atoms with Gasteiger partial charge in [0.25, 0.3) is 0 Å². The summed E-state index contributed by atoms with van der Waals surface area (Å²) in [5.74, 6) is 1.12. The maximum Gasteiger partial charge on any atom is 0.240 e. The van der Waals surface area contributed by atoms with E-state index in [2.05, 4.69) is 32.3 Å². The summed E-state index contributed by atoms with van der Waals surface area (Å²) in [5, 5.41) is 11.7. The second-order valence-corrected chi connectivity index (χ2v) is 9.71. The fraction of sp³-hybridized carbons (Fsp3) is 0.409. The Hall–Kier alpha value is -2.16. The summed E-state index contributed by atoms with van der Waals surface area (Å²) >= 11 is 3.27. The lowest BCUT2D eigenvalue weighted by Gasteiger charge is -2.30. The van der Waals surface area contributed by atoms with Gasteiger partial charge in [-0.1, -0.05) is 48.2 Å². The van der Waals surface area contributed by atoms with Gasteiger partial charge in [-0.2, -0.15) is 0 Å². The van der Waals surface area contributed by atoms with Gasteiger partial charge in [0, 0.05) is 30.4 Å². The molecule has 2 aliphatic rings. The number of thioether (sulfide) groups is 1. The minimum atomic E-state index is -0.333. The summed E-state index contributed by atoms with van der Waals surface area (Å²) in [5.41, 5.74) is 1.00. The van der Waals surface area contributed by atoms with Crippen LogP contribution in [0.15, 0.2) is 53.0 Å². The molecule has 0 spiro atoms. The lowest BCUT2D eigenvalue weighted by Crippen LogP contribution is -2.42. The van der Waals surface area contributed by atoms with Crippen LogP contribution in [0, 0.1) is 0 Å². The molecule has 1 atom stereocenters.